The third-order valence-electron chi connectivity index (χ3n) is 6.52. The Morgan fingerprint density at radius 3 is 2.56 bits per heavy atom. The molecule has 1 aromatic carbocycles. The number of piperidine rings is 1. The second kappa shape index (κ2) is 8.06. The molecule has 146 valence electrons. The molecular weight excluding hydrogens is 354 g/mol. The van der Waals surface area contributed by atoms with Crippen LogP contribution >= 0.6 is 11.8 Å². The van der Waals surface area contributed by atoms with Gasteiger partial charge in [-0.2, -0.15) is 11.8 Å². The number of hydrogen-bond acceptors (Lipinski definition) is 4. The molecule has 1 N–H and O–H groups in total. The number of nitrogens with zero attached hydrogens (tertiary/aromatic N) is 2. The van der Waals surface area contributed by atoms with Crippen LogP contribution in [0.5, 0.6) is 5.75 Å². The Balaban J connectivity index is 1.19. The minimum absolute atomic E-state index is 0.378. The summed E-state index contributed by atoms with van der Waals surface area (Å²) in [6, 6.07) is 9.73. The van der Waals surface area contributed by atoms with E-state index < -0.39 is 0 Å². The van der Waals surface area contributed by atoms with Crippen LogP contribution in [0.1, 0.15) is 37.8 Å². The zero-order valence-corrected chi connectivity index (χ0v) is 17.0. The fourth-order valence-corrected chi connectivity index (χ4v) is 5.61. The van der Waals surface area contributed by atoms with E-state index >= 15 is 0 Å². The van der Waals surface area contributed by atoms with Crippen molar-refractivity contribution in [3.05, 3.63) is 30.0 Å². The minimum Gasteiger partial charge on any atom is -0.490 e. The maximum Gasteiger partial charge on any atom is 0.120 e. The molecule has 0 bridgehead atoms. The van der Waals surface area contributed by atoms with Gasteiger partial charge >= 0.3 is 0 Å². The molecule has 2 aliphatic heterocycles. The van der Waals surface area contributed by atoms with E-state index in [1.165, 1.54) is 86.4 Å². The van der Waals surface area contributed by atoms with E-state index in [1.807, 2.05) is 0 Å². The molecule has 2 saturated heterocycles. The van der Waals surface area contributed by atoms with E-state index in [2.05, 4.69) is 50.8 Å². The Morgan fingerprint density at radius 2 is 1.81 bits per heavy atom. The quantitative estimate of drug-likeness (QED) is 0.839. The molecule has 3 heterocycles. The summed E-state index contributed by atoms with van der Waals surface area (Å²) in [4.78, 5) is 8.83. The van der Waals surface area contributed by atoms with Crippen molar-refractivity contribution in [2.75, 3.05) is 37.7 Å². The molecule has 1 aromatic heterocycles. The second-order valence-electron chi connectivity index (χ2n) is 8.37. The molecule has 3 aliphatic rings. The molecular formula is C22H31N3OS. The molecule has 1 aliphatic carbocycles. The number of fused-ring (bicyclic) bond motifs is 1. The van der Waals surface area contributed by atoms with Crippen molar-refractivity contribution in [1.29, 1.82) is 0 Å². The van der Waals surface area contributed by atoms with Gasteiger partial charge in [-0.05, 0) is 49.9 Å². The van der Waals surface area contributed by atoms with Crippen LogP contribution in [0.15, 0.2) is 24.3 Å². The normalized spacial score (nSPS) is 23.6. The van der Waals surface area contributed by atoms with Crippen LogP contribution in [0.3, 0.4) is 0 Å². The number of benzene rings is 1. The lowest BCUT2D eigenvalue weighted by Crippen LogP contribution is -2.46. The second-order valence-corrected chi connectivity index (χ2v) is 9.59. The van der Waals surface area contributed by atoms with Gasteiger partial charge in [0.15, 0.2) is 0 Å². The average Bonchev–Trinajstić information content (AvgIpc) is 3.04. The topological polar surface area (TPSA) is 31.5 Å². The van der Waals surface area contributed by atoms with Gasteiger partial charge in [0.05, 0.1) is 0 Å². The number of aromatic amines is 1. The van der Waals surface area contributed by atoms with Crippen LogP contribution in [-0.4, -0.2) is 64.6 Å². The maximum absolute atomic E-state index is 6.35. The summed E-state index contributed by atoms with van der Waals surface area (Å²) in [5, 5.41) is 1.28. The van der Waals surface area contributed by atoms with E-state index in [0.29, 0.717) is 6.10 Å². The number of rotatable bonds is 5. The number of aromatic nitrogens is 1. The summed E-state index contributed by atoms with van der Waals surface area (Å²) in [7, 11) is 0. The zero-order chi connectivity index (χ0) is 18.1. The smallest absolute Gasteiger partial charge is 0.120 e. The van der Waals surface area contributed by atoms with Crippen molar-refractivity contribution in [3.63, 3.8) is 0 Å². The SMILES string of the molecule is c1cc2[nH]c(CN3CCSCC3)cc2cc1OC1CCN(C2CCC2)CC1. The Hall–Kier alpha value is -1.17. The first-order valence-electron chi connectivity index (χ1n) is 10.7. The maximum atomic E-state index is 6.35. The molecule has 0 amide bonds. The molecule has 0 atom stereocenters. The lowest BCUT2D eigenvalue weighted by Gasteiger charge is -2.41. The van der Waals surface area contributed by atoms with Gasteiger partial charge in [-0.1, -0.05) is 6.42 Å². The molecule has 2 aromatic rings. The third kappa shape index (κ3) is 4.15. The van der Waals surface area contributed by atoms with Crippen molar-refractivity contribution in [3.8, 4) is 5.75 Å². The first kappa shape index (κ1) is 17.9. The molecule has 0 radical (unpaired) electrons. The van der Waals surface area contributed by atoms with Gasteiger partial charge in [0, 0.05) is 66.9 Å². The van der Waals surface area contributed by atoms with Crippen molar-refractivity contribution in [1.82, 2.24) is 14.8 Å². The average molecular weight is 386 g/mol. The van der Waals surface area contributed by atoms with Crippen LogP contribution in [0.2, 0.25) is 0 Å². The largest absolute Gasteiger partial charge is 0.490 e. The van der Waals surface area contributed by atoms with Gasteiger partial charge in [-0.3, -0.25) is 4.90 Å². The van der Waals surface area contributed by atoms with Gasteiger partial charge in [0.1, 0.15) is 11.9 Å². The fraction of sp³-hybridized carbons (Fsp3) is 0.636. The van der Waals surface area contributed by atoms with Crippen molar-refractivity contribution in [2.45, 2.75) is 50.8 Å². The lowest BCUT2D eigenvalue weighted by atomic mass is 9.90. The third-order valence-corrected chi connectivity index (χ3v) is 7.46. The van der Waals surface area contributed by atoms with Crippen LogP contribution in [0, 0.1) is 0 Å². The highest BCUT2D eigenvalue weighted by Crippen LogP contribution is 2.29. The Morgan fingerprint density at radius 1 is 1.00 bits per heavy atom. The summed E-state index contributed by atoms with van der Waals surface area (Å²) in [5.74, 6) is 3.56. The number of hydrogen-bond donors (Lipinski definition) is 1. The van der Waals surface area contributed by atoms with Crippen molar-refractivity contribution >= 4 is 22.7 Å². The summed E-state index contributed by atoms with van der Waals surface area (Å²) in [6.07, 6.45) is 6.96. The van der Waals surface area contributed by atoms with Crippen LogP contribution in [0.25, 0.3) is 10.9 Å². The summed E-state index contributed by atoms with van der Waals surface area (Å²) >= 11 is 2.07. The highest BCUT2D eigenvalue weighted by Gasteiger charge is 2.29. The van der Waals surface area contributed by atoms with Crippen molar-refractivity contribution < 1.29 is 4.74 Å². The number of H-pyrrole nitrogens is 1. The molecule has 0 unspecified atom stereocenters. The molecule has 27 heavy (non-hydrogen) atoms. The number of thioether (sulfide) groups is 1. The van der Waals surface area contributed by atoms with Gasteiger partial charge in [-0.15, -0.1) is 0 Å². The molecule has 4 nitrogen and oxygen atoms in total. The van der Waals surface area contributed by atoms with E-state index in [-0.39, 0.29) is 0 Å². The van der Waals surface area contributed by atoms with E-state index in [1.54, 1.807) is 0 Å². The fourth-order valence-electron chi connectivity index (χ4n) is 4.63. The van der Waals surface area contributed by atoms with Crippen LogP contribution in [0.4, 0.5) is 0 Å². The first-order chi connectivity index (χ1) is 13.3. The molecule has 0 spiro atoms. The molecule has 5 rings (SSSR count). The molecule has 3 fully saturated rings. The van der Waals surface area contributed by atoms with E-state index in [4.69, 9.17) is 4.74 Å². The Bertz CT molecular complexity index is 758. The predicted molar refractivity (Wildman–Crippen MR) is 114 cm³/mol. The Kier molecular flexibility index (Phi) is 5.34. The predicted octanol–water partition coefficient (Wildman–Crippen LogP) is 4.11. The number of ether oxygens (including phenoxy) is 1. The van der Waals surface area contributed by atoms with Crippen LogP contribution < -0.4 is 4.74 Å². The van der Waals surface area contributed by atoms with E-state index in [9.17, 15) is 0 Å². The number of likely N-dealkylation sites (tertiary alicyclic amines) is 1. The first-order valence-corrected chi connectivity index (χ1v) is 11.8. The van der Waals surface area contributed by atoms with Gasteiger partial charge in [0.2, 0.25) is 0 Å². The lowest BCUT2D eigenvalue weighted by molar-refractivity contribution is 0.0494. The molecule has 1 saturated carbocycles. The van der Waals surface area contributed by atoms with Gasteiger partial charge in [0.25, 0.3) is 0 Å². The minimum atomic E-state index is 0.378. The monoisotopic (exact) mass is 385 g/mol. The van der Waals surface area contributed by atoms with Crippen molar-refractivity contribution in [2.24, 2.45) is 0 Å². The summed E-state index contributed by atoms with van der Waals surface area (Å²) in [6.45, 7) is 5.85. The standard InChI is InChI=1S/C22H31N3OS/c1-2-19(3-1)25-8-6-20(7-9-25)26-21-4-5-22-17(15-21)14-18(23-22)16-24-10-12-27-13-11-24/h4-5,14-15,19-20,23H,1-3,6-13,16H2. The molecule has 5 heteroatoms. The number of nitrogens with one attached hydrogen (secondary N) is 1. The zero-order valence-electron chi connectivity index (χ0n) is 16.2. The van der Waals surface area contributed by atoms with Gasteiger partial charge in [-0.25, -0.2) is 0 Å². The van der Waals surface area contributed by atoms with E-state index in [0.717, 1.165) is 18.3 Å². The summed E-state index contributed by atoms with van der Waals surface area (Å²) < 4.78 is 6.35. The Labute approximate surface area is 166 Å². The van der Waals surface area contributed by atoms with Gasteiger partial charge < -0.3 is 14.6 Å². The van der Waals surface area contributed by atoms with Crippen LogP contribution in [-0.2, 0) is 6.54 Å². The highest BCUT2D eigenvalue weighted by molar-refractivity contribution is 7.99. The summed E-state index contributed by atoms with van der Waals surface area (Å²) in [5.41, 5.74) is 2.55. The highest BCUT2D eigenvalue weighted by atomic mass is 32.2.